The molecule has 0 bridgehead atoms. The molecule has 0 fully saturated rings. The fourth-order valence-corrected chi connectivity index (χ4v) is 4.91. The van der Waals surface area contributed by atoms with E-state index < -0.39 is 5.60 Å². The van der Waals surface area contributed by atoms with Gasteiger partial charge in [-0.05, 0) is 20.8 Å². The fraction of sp³-hybridized carbons (Fsp3) is 0.979. The van der Waals surface area contributed by atoms with E-state index in [-0.39, 0.29) is 12.4 Å². The first-order valence-electron chi connectivity index (χ1n) is 24.9. The van der Waals surface area contributed by atoms with Gasteiger partial charge in [0, 0.05) is 6.54 Å². The topological polar surface area (TPSA) is 237 Å². The SMILES string of the molecule is CC(C)(C)OC(=O)CCOCCOCCOCCOCCOCCOCCOCCOCCOCCOCCOCCOCCOCCOCCOCCOCCOCCOCCOCCOCCN. The van der Waals surface area contributed by atoms with Crippen LogP contribution in [0.2, 0.25) is 0 Å². The molecule has 0 saturated heterocycles. The molecule has 0 unspecified atom stereocenters. The summed E-state index contributed by atoms with van der Waals surface area (Å²) in [5.74, 6) is -0.270. The highest BCUT2D eigenvalue weighted by molar-refractivity contribution is 5.69. The molecule has 0 atom stereocenters. The Kier molecular flexibility index (Phi) is 59.0. The summed E-state index contributed by atoms with van der Waals surface area (Å²) in [7, 11) is 0. The molecular formula is C47H95NO22. The van der Waals surface area contributed by atoms with Crippen LogP contribution in [0, 0.1) is 0 Å². The predicted molar refractivity (Wildman–Crippen MR) is 256 cm³/mol. The number of esters is 1. The number of carbonyl (C=O) groups excluding carboxylic acids is 1. The van der Waals surface area contributed by atoms with E-state index in [1.165, 1.54) is 0 Å². The third-order valence-corrected chi connectivity index (χ3v) is 8.20. The first-order chi connectivity index (χ1) is 34.5. The molecule has 23 heteroatoms. The standard InChI is InChI=1S/C47H95NO22/c1-47(2,3)70-46(49)4-6-50-8-10-52-12-14-54-16-18-56-20-22-58-24-26-60-28-30-62-32-34-64-36-38-66-40-42-68-44-45-69-43-41-67-39-37-65-35-33-63-31-29-61-27-25-59-23-21-57-19-17-55-15-13-53-11-9-51-7-5-48/h4-45,48H2,1-3H3. The molecule has 0 heterocycles. The van der Waals surface area contributed by atoms with Crippen LogP contribution in [0.15, 0.2) is 0 Å². The lowest BCUT2D eigenvalue weighted by molar-refractivity contribution is -0.156. The molecule has 0 aliphatic rings. The molecule has 0 rings (SSSR count). The Bertz CT molecular complexity index is 991. The highest BCUT2D eigenvalue weighted by Gasteiger charge is 2.15. The van der Waals surface area contributed by atoms with Crippen molar-refractivity contribution in [2.45, 2.75) is 32.8 Å². The van der Waals surface area contributed by atoms with Crippen molar-refractivity contribution in [1.82, 2.24) is 0 Å². The fourth-order valence-electron chi connectivity index (χ4n) is 4.91. The lowest BCUT2D eigenvalue weighted by atomic mass is 10.2. The Morgan fingerprint density at radius 1 is 0.243 bits per heavy atom. The first kappa shape index (κ1) is 68.6. The molecule has 0 aliphatic carbocycles. The van der Waals surface area contributed by atoms with Gasteiger partial charge in [-0.2, -0.15) is 0 Å². The molecule has 0 aromatic carbocycles. The molecule has 0 radical (unpaired) electrons. The van der Waals surface area contributed by atoms with Crippen molar-refractivity contribution >= 4 is 5.97 Å². The van der Waals surface area contributed by atoms with Crippen LogP contribution >= 0.6 is 0 Å². The van der Waals surface area contributed by atoms with Crippen molar-refractivity contribution in [1.29, 1.82) is 0 Å². The average Bonchev–Trinajstić information content (AvgIpc) is 3.34. The molecule has 2 N–H and O–H groups in total. The minimum atomic E-state index is -0.481. The van der Waals surface area contributed by atoms with Crippen molar-refractivity contribution in [3.63, 3.8) is 0 Å². The Balaban J connectivity index is 3.09. The Hall–Kier alpha value is -1.37. The molecule has 70 heavy (non-hydrogen) atoms. The number of carbonyl (C=O) groups is 1. The smallest absolute Gasteiger partial charge is 0.308 e. The maximum absolute atomic E-state index is 11.6. The van der Waals surface area contributed by atoms with E-state index >= 15 is 0 Å². The minimum absolute atomic E-state index is 0.225. The summed E-state index contributed by atoms with van der Waals surface area (Å²) in [6.07, 6.45) is 0.225. The maximum atomic E-state index is 11.6. The van der Waals surface area contributed by atoms with E-state index in [1.54, 1.807) is 0 Å². The quantitative estimate of drug-likeness (QED) is 0.0661. The van der Waals surface area contributed by atoms with Gasteiger partial charge in [0.1, 0.15) is 5.60 Å². The van der Waals surface area contributed by atoms with Crippen molar-refractivity contribution in [3.8, 4) is 0 Å². The summed E-state index contributed by atoms with van der Waals surface area (Å²) in [5, 5.41) is 0. The van der Waals surface area contributed by atoms with Crippen molar-refractivity contribution < 1.29 is 104 Å². The van der Waals surface area contributed by atoms with E-state index in [2.05, 4.69) is 0 Å². The third kappa shape index (κ3) is 64.6. The van der Waals surface area contributed by atoms with Crippen molar-refractivity contribution in [2.75, 3.05) is 271 Å². The highest BCUT2D eigenvalue weighted by Crippen LogP contribution is 2.08. The number of rotatable bonds is 62. The summed E-state index contributed by atoms with van der Waals surface area (Å²) >= 11 is 0. The average molecular weight is 1030 g/mol. The molecule has 0 aliphatic heterocycles. The van der Waals surface area contributed by atoms with Gasteiger partial charge in [-0.25, -0.2) is 0 Å². The molecule has 0 aromatic rings. The number of ether oxygens (including phenoxy) is 21. The Morgan fingerprint density at radius 3 is 0.500 bits per heavy atom. The van der Waals surface area contributed by atoms with Crippen LogP contribution in [-0.4, -0.2) is 282 Å². The van der Waals surface area contributed by atoms with E-state index in [9.17, 15) is 4.79 Å². The van der Waals surface area contributed by atoms with Gasteiger partial charge in [0.25, 0.3) is 0 Å². The van der Waals surface area contributed by atoms with E-state index in [4.69, 9.17) is 105 Å². The summed E-state index contributed by atoms with van der Waals surface area (Å²) in [5.41, 5.74) is 4.86. The van der Waals surface area contributed by atoms with Crippen LogP contribution in [0.5, 0.6) is 0 Å². The highest BCUT2D eigenvalue weighted by atomic mass is 16.6. The molecule has 0 amide bonds. The van der Waals surface area contributed by atoms with Gasteiger partial charge in [0.2, 0.25) is 0 Å². The molecule has 0 saturated carbocycles. The van der Waals surface area contributed by atoms with Crippen molar-refractivity contribution in [3.05, 3.63) is 0 Å². The summed E-state index contributed by atoms with van der Waals surface area (Å²) in [4.78, 5) is 11.6. The zero-order valence-corrected chi connectivity index (χ0v) is 43.3. The lowest BCUT2D eigenvalue weighted by Crippen LogP contribution is -2.24. The van der Waals surface area contributed by atoms with Crippen LogP contribution in [0.3, 0.4) is 0 Å². The second-order valence-corrected chi connectivity index (χ2v) is 15.4. The molecule has 0 spiro atoms. The number of nitrogens with two attached hydrogens (primary N) is 1. The lowest BCUT2D eigenvalue weighted by Gasteiger charge is -2.19. The number of hydrogen-bond donors (Lipinski definition) is 1. The van der Waals surface area contributed by atoms with Gasteiger partial charge in [0.05, 0.1) is 271 Å². The van der Waals surface area contributed by atoms with Crippen LogP contribution < -0.4 is 5.73 Å². The van der Waals surface area contributed by atoms with Crippen LogP contribution in [-0.2, 0) is 104 Å². The third-order valence-electron chi connectivity index (χ3n) is 8.20. The van der Waals surface area contributed by atoms with Gasteiger partial charge < -0.3 is 105 Å². The summed E-state index contributed by atoms with van der Waals surface area (Å²) in [6.45, 7) is 25.5. The molecule has 420 valence electrons. The largest absolute Gasteiger partial charge is 0.460 e. The van der Waals surface area contributed by atoms with Gasteiger partial charge in [-0.3, -0.25) is 4.79 Å². The monoisotopic (exact) mass is 1030 g/mol. The maximum Gasteiger partial charge on any atom is 0.308 e. The summed E-state index contributed by atoms with van der Waals surface area (Å²) < 4.78 is 115. The number of hydrogen-bond acceptors (Lipinski definition) is 23. The predicted octanol–water partition coefficient (Wildman–Crippen LogP) is 1.01. The van der Waals surface area contributed by atoms with Crippen LogP contribution in [0.25, 0.3) is 0 Å². The zero-order chi connectivity index (χ0) is 50.6. The van der Waals surface area contributed by atoms with E-state index in [0.29, 0.717) is 271 Å². The Morgan fingerprint density at radius 2 is 0.371 bits per heavy atom. The van der Waals surface area contributed by atoms with Crippen LogP contribution in [0.4, 0.5) is 0 Å². The first-order valence-corrected chi connectivity index (χ1v) is 24.9. The molecular weight excluding hydrogens is 931 g/mol. The van der Waals surface area contributed by atoms with Crippen LogP contribution in [0.1, 0.15) is 27.2 Å². The van der Waals surface area contributed by atoms with E-state index in [1.807, 2.05) is 20.8 Å². The molecule has 0 aromatic heterocycles. The van der Waals surface area contributed by atoms with E-state index in [0.717, 1.165) is 0 Å². The van der Waals surface area contributed by atoms with Crippen molar-refractivity contribution in [2.24, 2.45) is 5.73 Å². The Labute approximate surface area is 418 Å². The minimum Gasteiger partial charge on any atom is -0.460 e. The van der Waals surface area contributed by atoms with Gasteiger partial charge in [-0.15, -0.1) is 0 Å². The zero-order valence-electron chi connectivity index (χ0n) is 43.3. The van der Waals surface area contributed by atoms with Gasteiger partial charge in [0.15, 0.2) is 0 Å². The normalized spacial score (nSPS) is 11.9. The van der Waals surface area contributed by atoms with Gasteiger partial charge >= 0.3 is 5.97 Å². The second kappa shape index (κ2) is 60.2. The van der Waals surface area contributed by atoms with Gasteiger partial charge in [-0.1, -0.05) is 0 Å². The summed E-state index contributed by atoms with van der Waals surface area (Å²) in [6, 6.07) is 0. The second-order valence-electron chi connectivity index (χ2n) is 15.4. The molecule has 23 nitrogen and oxygen atoms in total.